The second kappa shape index (κ2) is 9.80. The third-order valence-electron chi connectivity index (χ3n) is 3.18. The number of oxime groups is 1. The molecule has 0 aromatic carbocycles. The molecule has 0 saturated carbocycles. The van der Waals surface area contributed by atoms with Gasteiger partial charge in [0, 0.05) is 6.42 Å². The molecule has 6 atom stereocenters. The Balaban J connectivity index is 2.92. The molecule has 13 heteroatoms. The standard InChI is InChI=1S/C12H21NO10S2/c1-2-3-6(15)4-8(13-23-25(19,20)21)24-12-11(18)10(17)9(16)7(5-14)22-12/h2,6-7,9-12,14-18H,1,3-5H2,(H,19,20,21)/b13-8-/t6-,7+,9-,10+,11-,12-/m0/s1. The summed E-state index contributed by atoms with van der Waals surface area (Å²) < 4.78 is 39.0. The van der Waals surface area contributed by atoms with Crippen LogP contribution in [0.25, 0.3) is 0 Å². The quantitative estimate of drug-likeness (QED) is 0.0863. The number of aliphatic hydroxyl groups is 5. The van der Waals surface area contributed by atoms with Gasteiger partial charge < -0.3 is 30.3 Å². The summed E-state index contributed by atoms with van der Waals surface area (Å²) in [6.07, 6.45) is -5.67. The molecule has 0 amide bonds. The Labute approximate surface area is 148 Å². The summed E-state index contributed by atoms with van der Waals surface area (Å²) in [5.41, 5.74) is -1.25. The lowest BCUT2D eigenvalue weighted by Crippen LogP contribution is -2.57. The van der Waals surface area contributed by atoms with Crippen LogP contribution in [0.2, 0.25) is 0 Å². The van der Waals surface area contributed by atoms with E-state index in [-0.39, 0.29) is 17.9 Å². The lowest BCUT2D eigenvalue weighted by molar-refractivity contribution is -0.205. The topological polar surface area (TPSA) is 186 Å². The molecule has 1 aliphatic rings. The summed E-state index contributed by atoms with van der Waals surface area (Å²) in [6, 6.07) is 0. The molecule has 0 unspecified atom stereocenters. The van der Waals surface area contributed by atoms with Gasteiger partial charge in [-0.05, 0) is 6.42 Å². The molecular formula is C12H21NO10S2. The van der Waals surface area contributed by atoms with Crippen LogP contribution < -0.4 is 0 Å². The fraction of sp³-hybridized carbons (Fsp3) is 0.750. The first-order valence-corrected chi connectivity index (χ1v) is 9.32. The Morgan fingerprint density at radius 1 is 1.32 bits per heavy atom. The molecule has 1 saturated heterocycles. The molecule has 6 N–H and O–H groups in total. The van der Waals surface area contributed by atoms with Crippen molar-refractivity contribution in [2.24, 2.45) is 5.16 Å². The van der Waals surface area contributed by atoms with Crippen molar-refractivity contribution in [2.45, 2.75) is 48.8 Å². The number of aliphatic hydroxyl groups excluding tert-OH is 5. The minimum Gasteiger partial charge on any atom is -0.394 e. The van der Waals surface area contributed by atoms with E-state index in [2.05, 4.69) is 16.0 Å². The van der Waals surface area contributed by atoms with Crippen LogP contribution in [0.1, 0.15) is 12.8 Å². The van der Waals surface area contributed by atoms with Crippen LogP contribution in [0.5, 0.6) is 0 Å². The van der Waals surface area contributed by atoms with E-state index in [0.29, 0.717) is 11.8 Å². The Morgan fingerprint density at radius 2 is 1.96 bits per heavy atom. The molecule has 0 aromatic heterocycles. The third-order valence-corrected chi connectivity index (χ3v) is 4.58. The molecule has 11 nitrogen and oxygen atoms in total. The Hall–Kier alpha value is -0.770. The average Bonchev–Trinajstić information content (AvgIpc) is 2.52. The number of hydrogen-bond donors (Lipinski definition) is 6. The maximum atomic E-state index is 10.6. The van der Waals surface area contributed by atoms with E-state index in [0.717, 1.165) is 0 Å². The second-order valence-corrected chi connectivity index (χ2v) is 7.36. The SMILES string of the molecule is C=CC[C@H](O)C/C(=N/OS(=O)(=O)O)S[C@@H]1O[C@H](CO)[C@H](O)[C@@H](O)[C@@H]1O. The molecule has 1 fully saturated rings. The number of hydrogen-bond acceptors (Lipinski definition) is 11. The van der Waals surface area contributed by atoms with Gasteiger partial charge in [-0.3, -0.25) is 4.55 Å². The Kier molecular flexibility index (Phi) is 8.73. The summed E-state index contributed by atoms with van der Waals surface area (Å²) in [5.74, 6) is 0. The fourth-order valence-electron chi connectivity index (χ4n) is 1.97. The van der Waals surface area contributed by atoms with E-state index in [1.54, 1.807) is 0 Å². The number of nitrogens with zero attached hydrogens (tertiary/aromatic N) is 1. The van der Waals surface area contributed by atoms with Crippen LogP contribution in [-0.2, 0) is 19.4 Å². The van der Waals surface area contributed by atoms with Crippen molar-refractivity contribution in [3.63, 3.8) is 0 Å². The average molecular weight is 403 g/mol. The molecule has 25 heavy (non-hydrogen) atoms. The molecular weight excluding hydrogens is 382 g/mol. The lowest BCUT2D eigenvalue weighted by Gasteiger charge is -2.39. The highest BCUT2D eigenvalue weighted by Gasteiger charge is 2.44. The van der Waals surface area contributed by atoms with E-state index >= 15 is 0 Å². The first-order chi connectivity index (χ1) is 11.6. The van der Waals surface area contributed by atoms with E-state index < -0.39 is 53.0 Å². The van der Waals surface area contributed by atoms with Gasteiger partial charge in [0.25, 0.3) is 0 Å². The molecule has 0 aromatic rings. The van der Waals surface area contributed by atoms with Crippen molar-refractivity contribution in [2.75, 3.05) is 6.61 Å². The van der Waals surface area contributed by atoms with E-state index in [1.807, 2.05) is 0 Å². The lowest BCUT2D eigenvalue weighted by atomic mass is 10.0. The Bertz CT molecular complexity index is 566. The van der Waals surface area contributed by atoms with Gasteiger partial charge in [-0.1, -0.05) is 23.0 Å². The Morgan fingerprint density at radius 3 is 2.48 bits per heavy atom. The molecule has 146 valence electrons. The summed E-state index contributed by atoms with van der Waals surface area (Å²) in [7, 11) is -4.89. The minimum absolute atomic E-state index is 0.139. The number of thioether (sulfide) groups is 1. The van der Waals surface area contributed by atoms with Gasteiger partial charge in [-0.15, -0.1) is 6.58 Å². The van der Waals surface area contributed by atoms with Crippen molar-refractivity contribution >= 4 is 27.2 Å². The van der Waals surface area contributed by atoms with E-state index in [1.165, 1.54) is 6.08 Å². The third kappa shape index (κ3) is 7.16. The monoisotopic (exact) mass is 403 g/mol. The molecule has 1 aliphatic heterocycles. The summed E-state index contributed by atoms with van der Waals surface area (Å²) in [5, 5.41) is 51.3. The van der Waals surface area contributed by atoms with E-state index in [4.69, 9.17) is 14.4 Å². The van der Waals surface area contributed by atoms with Crippen molar-refractivity contribution in [1.82, 2.24) is 0 Å². The van der Waals surface area contributed by atoms with Crippen LogP contribution in [0, 0.1) is 0 Å². The zero-order valence-corrected chi connectivity index (χ0v) is 14.6. The van der Waals surface area contributed by atoms with Crippen LogP contribution in [0.4, 0.5) is 0 Å². The maximum absolute atomic E-state index is 10.6. The number of rotatable bonds is 8. The van der Waals surface area contributed by atoms with Gasteiger partial charge >= 0.3 is 10.4 Å². The molecule has 0 aliphatic carbocycles. The predicted octanol–water partition coefficient (Wildman–Crippen LogP) is -2.02. The van der Waals surface area contributed by atoms with Gasteiger partial charge in [-0.2, -0.15) is 8.42 Å². The highest BCUT2D eigenvalue weighted by molar-refractivity contribution is 8.14. The van der Waals surface area contributed by atoms with Crippen LogP contribution in [0.15, 0.2) is 17.8 Å². The van der Waals surface area contributed by atoms with Crippen LogP contribution in [0.3, 0.4) is 0 Å². The summed E-state index contributed by atoms with van der Waals surface area (Å²) >= 11 is 0.594. The smallest absolute Gasteiger partial charge is 0.394 e. The molecule has 0 radical (unpaired) electrons. The molecule has 1 rings (SSSR count). The second-order valence-electron chi connectivity index (χ2n) is 5.18. The van der Waals surface area contributed by atoms with Crippen molar-refractivity contribution < 1.29 is 47.5 Å². The highest BCUT2D eigenvalue weighted by Crippen LogP contribution is 2.30. The zero-order valence-electron chi connectivity index (χ0n) is 12.9. The summed E-state index contributed by atoms with van der Waals surface area (Å²) in [6.45, 7) is 2.79. The molecule has 0 spiro atoms. The van der Waals surface area contributed by atoms with E-state index in [9.17, 15) is 28.8 Å². The normalized spacial score (nSPS) is 32.2. The van der Waals surface area contributed by atoms with Gasteiger partial charge in [-0.25, -0.2) is 4.28 Å². The summed E-state index contributed by atoms with van der Waals surface area (Å²) in [4.78, 5) is 0. The largest absolute Gasteiger partial charge is 0.466 e. The maximum Gasteiger partial charge on any atom is 0.466 e. The fourth-order valence-corrected chi connectivity index (χ4v) is 3.34. The predicted molar refractivity (Wildman–Crippen MR) is 86.9 cm³/mol. The van der Waals surface area contributed by atoms with Gasteiger partial charge in [0.15, 0.2) is 0 Å². The zero-order chi connectivity index (χ0) is 19.2. The number of ether oxygens (including phenoxy) is 1. The molecule has 1 heterocycles. The first-order valence-electron chi connectivity index (χ1n) is 7.08. The van der Waals surface area contributed by atoms with Crippen LogP contribution >= 0.6 is 11.8 Å². The van der Waals surface area contributed by atoms with Crippen molar-refractivity contribution in [3.05, 3.63) is 12.7 Å². The van der Waals surface area contributed by atoms with Crippen molar-refractivity contribution in [3.8, 4) is 0 Å². The first kappa shape index (κ1) is 22.3. The molecule has 0 bridgehead atoms. The minimum atomic E-state index is -4.89. The highest BCUT2D eigenvalue weighted by atomic mass is 32.3. The van der Waals surface area contributed by atoms with Gasteiger partial charge in [0.05, 0.1) is 12.7 Å². The van der Waals surface area contributed by atoms with Crippen molar-refractivity contribution in [1.29, 1.82) is 0 Å². The van der Waals surface area contributed by atoms with Gasteiger partial charge in [0.1, 0.15) is 34.9 Å². The van der Waals surface area contributed by atoms with Gasteiger partial charge in [0.2, 0.25) is 0 Å². The van der Waals surface area contributed by atoms with Crippen LogP contribution in [-0.4, -0.2) is 86.1 Å².